The Kier molecular flexibility index (Phi) is 5.60. The lowest BCUT2D eigenvalue weighted by Crippen LogP contribution is -1.87. The molecule has 0 radical (unpaired) electrons. The second-order valence-corrected chi connectivity index (χ2v) is 2.93. The molecule has 0 saturated heterocycles. The van der Waals surface area contributed by atoms with Gasteiger partial charge in [0.2, 0.25) is 0 Å². The van der Waals surface area contributed by atoms with Gasteiger partial charge in [0.15, 0.2) is 0 Å². The maximum atomic E-state index is 8.00. The zero-order chi connectivity index (χ0) is 10.3. The molecule has 0 N–H and O–H groups in total. The van der Waals surface area contributed by atoms with Crippen LogP contribution in [0.15, 0.2) is 24.3 Å². The van der Waals surface area contributed by atoms with E-state index in [1.807, 2.05) is 18.9 Å². The molecule has 2 nitrogen and oxygen atoms in total. The van der Waals surface area contributed by atoms with Crippen LogP contribution in [-0.2, 0) is 4.79 Å². The molecule has 1 aromatic carbocycles. The van der Waals surface area contributed by atoms with Crippen LogP contribution in [0.25, 0.3) is 0 Å². The molecule has 2 heteroatoms. The van der Waals surface area contributed by atoms with E-state index >= 15 is 0 Å². The van der Waals surface area contributed by atoms with Crippen molar-refractivity contribution in [3.63, 3.8) is 0 Å². The maximum absolute atomic E-state index is 8.00. The van der Waals surface area contributed by atoms with E-state index in [1.165, 1.54) is 5.56 Å². The molecule has 0 saturated carbocycles. The smallest absolute Gasteiger partial charge is 0.118 e. The largest absolute Gasteiger partial charge is 0.497 e. The van der Waals surface area contributed by atoms with Gasteiger partial charge in [-0.2, -0.15) is 0 Å². The van der Waals surface area contributed by atoms with Crippen LogP contribution in [0.2, 0.25) is 0 Å². The highest BCUT2D eigenvalue weighted by atomic mass is 16.5. The molecule has 0 aliphatic rings. The first-order chi connectivity index (χ1) is 6.24. The van der Waals surface area contributed by atoms with Crippen molar-refractivity contribution in [3.8, 4) is 5.75 Å². The Morgan fingerprint density at radius 2 is 1.62 bits per heavy atom. The van der Waals surface area contributed by atoms with Crippen molar-refractivity contribution in [2.45, 2.75) is 19.8 Å². The molecule has 0 heterocycles. The molecule has 1 aromatic rings. The van der Waals surface area contributed by atoms with E-state index in [2.05, 4.69) is 26.0 Å². The van der Waals surface area contributed by atoms with Crippen molar-refractivity contribution in [2.24, 2.45) is 0 Å². The molecule has 0 aliphatic carbocycles. The molecule has 0 amide bonds. The summed E-state index contributed by atoms with van der Waals surface area (Å²) in [6.45, 7) is 6.36. The number of rotatable bonds is 2. The van der Waals surface area contributed by atoms with Crippen LogP contribution in [0.4, 0.5) is 0 Å². The van der Waals surface area contributed by atoms with E-state index in [0.717, 1.165) is 5.75 Å². The quantitative estimate of drug-likeness (QED) is 0.699. The highest BCUT2D eigenvalue weighted by Crippen LogP contribution is 2.17. The summed E-state index contributed by atoms with van der Waals surface area (Å²) in [6.07, 6.45) is 0. The summed E-state index contributed by atoms with van der Waals surface area (Å²) in [5.41, 5.74) is 1.35. The summed E-state index contributed by atoms with van der Waals surface area (Å²) in [5, 5.41) is 0. The van der Waals surface area contributed by atoms with Crippen molar-refractivity contribution in [1.82, 2.24) is 0 Å². The Morgan fingerprint density at radius 3 is 1.92 bits per heavy atom. The molecule has 0 unspecified atom stereocenters. The van der Waals surface area contributed by atoms with Crippen molar-refractivity contribution in [1.29, 1.82) is 0 Å². The number of hydrogen-bond acceptors (Lipinski definition) is 2. The molecule has 1 rings (SSSR count). The minimum absolute atomic E-state index is 0.598. The molecule has 0 fully saturated rings. The number of benzene rings is 1. The number of carbonyl (C=O) groups excluding carboxylic acids is 1. The maximum Gasteiger partial charge on any atom is 0.118 e. The molecule has 13 heavy (non-hydrogen) atoms. The number of hydrogen-bond donors (Lipinski definition) is 0. The van der Waals surface area contributed by atoms with Gasteiger partial charge in [0, 0.05) is 0 Å². The van der Waals surface area contributed by atoms with Crippen LogP contribution in [0, 0.1) is 0 Å². The summed E-state index contributed by atoms with van der Waals surface area (Å²) in [6, 6.07) is 8.19. The third kappa shape index (κ3) is 3.74. The second kappa shape index (κ2) is 6.23. The summed E-state index contributed by atoms with van der Waals surface area (Å²) in [7, 11) is 1.68. The average molecular weight is 180 g/mol. The Balaban J connectivity index is 0.000000671. The number of methoxy groups -OCH3 is 1. The Bertz CT molecular complexity index is 226. The van der Waals surface area contributed by atoms with E-state index in [0.29, 0.717) is 5.92 Å². The van der Waals surface area contributed by atoms with Gasteiger partial charge >= 0.3 is 0 Å². The summed E-state index contributed by atoms with van der Waals surface area (Å²) < 4.78 is 5.05. The highest BCUT2D eigenvalue weighted by molar-refractivity contribution is 5.28. The molecule has 0 atom stereocenters. The van der Waals surface area contributed by atoms with Crippen LogP contribution in [0.5, 0.6) is 5.75 Å². The monoisotopic (exact) mass is 180 g/mol. The van der Waals surface area contributed by atoms with Gasteiger partial charge in [-0.15, -0.1) is 0 Å². The van der Waals surface area contributed by atoms with Crippen molar-refractivity contribution >= 4 is 6.79 Å². The predicted octanol–water partition coefficient (Wildman–Crippen LogP) is 2.63. The van der Waals surface area contributed by atoms with Crippen LogP contribution in [0.1, 0.15) is 25.3 Å². The van der Waals surface area contributed by atoms with Gasteiger partial charge in [-0.05, 0) is 23.6 Å². The lowest BCUT2D eigenvalue weighted by atomic mass is 10.0. The van der Waals surface area contributed by atoms with Crippen molar-refractivity contribution in [3.05, 3.63) is 29.8 Å². The van der Waals surface area contributed by atoms with Gasteiger partial charge in [-0.3, -0.25) is 0 Å². The average Bonchev–Trinajstić information content (AvgIpc) is 2.21. The first-order valence-corrected chi connectivity index (χ1v) is 4.17. The number of carbonyl (C=O) groups is 1. The molecular formula is C11H16O2. The summed E-state index contributed by atoms with van der Waals surface area (Å²) in [4.78, 5) is 8.00. The fourth-order valence-corrected chi connectivity index (χ4v) is 0.989. The second-order valence-electron chi connectivity index (χ2n) is 2.93. The van der Waals surface area contributed by atoms with Gasteiger partial charge in [0.05, 0.1) is 7.11 Å². The molecular weight excluding hydrogens is 164 g/mol. The van der Waals surface area contributed by atoms with E-state index < -0.39 is 0 Å². The van der Waals surface area contributed by atoms with E-state index in [4.69, 9.17) is 9.53 Å². The van der Waals surface area contributed by atoms with Crippen molar-refractivity contribution in [2.75, 3.05) is 7.11 Å². The van der Waals surface area contributed by atoms with E-state index in [1.54, 1.807) is 7.11 Å². The topological polar surface area (TPSA) is 26.3 Å². The van der Waals surface area contributed by atoms with Crippen LogP contribution in [-0.4, -0.2) is 13.9 Å². The molecule has 0 aliphatic heterocycles. The Labute approximate surface area is 79.5 Å². The highest BCUT2D eigenvalue weighted by Gasteiger charge is 1.97. The Hall–Kier alpha value is -1.31. The first-order valence-electron chi connectivity index (χ1n) is 4.17. The first kappa shape index (κ1) is 11.7. The molecule has 0 aromatic heterocycles. The van der Waals surface area contributed by atoms with Crippen molar-refractivity contribution < 1.29 is 9.53 Å². The van der Waals surface area contributed by atoms with Gasteiger partial charge in [-0.25, -0.2) is 0 Å². The zero-order valence-corrected chi connectivity index (χ0v) is 8.41. The van der Waals surface area contributed by atoms with Crippen LogP contribution in [0.3, 0.4) is 0 Å². The third-order valence-electron chi connectivity index (χ3n) is 1.78. The van der Waals surface area contributed by atoms with Gasteiger partial charge in [0.25, 0.3) is 0 Å². The fraction of sp³-hybridized carbons (Fsp3) is 0.364. The lowest BCUT2D eigenvalue weighted by molar-refractivity contribution is -0.0979. The van der Waals surface area contributed by atoms with Crippen LogP contribution < -0.4 is 4.74 Å². The summed E-state index contributed by atoms with van der Waals surface area (Å²) in [5.74, 6) is 1.52. The predicted molar refractivity (Wildman–Crippen MR) is 54.2 cm³/mol. The lowest BCUT2D eigenvalue weighted by Gasteiger charge is -2.05. The normalized spacial score (nSPS) is 8.92. The zero-order valence-electron chi connectivity index (χ0n) is 8.41. The van der Waals surface area contributed by atoms with E-state index in [9.17, 15) is 0 Å². The van der Waals surface area contributed by atoms with Gasteiger partial charge in [0.1, 0.15) is 12.5 Å². The van der Waals surface area contributed by atoms with Gasteiger partial charge < -0.3 is 9.53 Å². The summed E-state index contributed by atoms with van der Waals surface area (Å²) >= 11 is 0. The minimum atomic E-state index is 0.598. The van der Waals surface area contributed by atoms with E-state index in [-0.39, 0.29) is 0 Å². The fourth-order valence-electron chi connectivity index (χ4n) is 0.989. The SMILES string of the molecule is C=O.COc1ccc(C(C)C)cc1. The third-order valence-corrected chi connectivity index (χ3v) is 1.78. The Morgan fingerprint density at radius 1 is 1.15 bits per heavy atom. The van der Waals surface area contributed by atoms with Gasteiger partial charge in [-0.1, -0.05) is 26.0 Å². The number of ether oxygens (including phenoxy) is 1. The molecule has 72 valence electrons. The minimum Gasteiger partial charge on any atom is -0.497 e. The molecule has 0 bridgehead atoms. The standard InChI is InChI=1S/C10H14O.CH2O/c1-8(2)9-4-6-10(11-3)7-5-9;1-2/h4-8H,1-3H3;1H2. The van der Waals surface area contributed by atoms with Crippen LogP contribution >= 0.6 is 0 Å². The molecule has 0 spiro atoms.